The molecule has 0 bridgehead atoms. The summed E-state index contributed by atoms with van der Waals surface area (Å²) in [5.41, 5.74) is 0.0266. The van der Waals surface area contributed by atoms with Gasteiger partial charge in [0.05, 0.1) is 12.3 Å². The number of barbiturate groups is 1. The molecule has 1 fully saturated rings. The number of carboxylic acid groups (broad SMARTS) is 1. The van der Waals surface area contributed by atoms with Gasteiger partial charge >= 0.3 is 12.0 Å². The number of ether oxygens (including phenoxy) is 1. The van der Waals surface area contributed by atoms with Crippen LogP contribution in [0.25, 0.3) is 6.08 Å². The number of halogens is 1. The Morgan fingerprint density at radius 2 is 1.97 bits per heavy atom. The molecule has 0 spiro atoms. The van der Waals surface area contributed by atoms with E-state index < -0.39 is 23.8 Å². The van der Waals surface area contributed by atoms with Gasteiger partial charge in [-0.1, -0.05) is 23.7 Å². The number of carboxylic acids is 1. The number of nitrogens with one attached hydrogen (secondary N) is 1. The second-order valence-corrected chi connectivity index (χ2v) is 6.37. The summed E-state index contributed by atoms with van der Waals surface area (Å²) in [6.45, 7) is 1.99. The molecular weight excluding hydrogens is 400 g/mol. The van der Waals surface area contributed by atoms with Crippen LogP contribution in [0.5, 0.6) is 5.75 Å². The number of urea groups is 1. The standard InChI is InChI=1S/C20H15ClN2O6/c1-2-29-16-7-6-11(8-14(16)19(26)27)9-15-17(24)22-20(28)23(18(15)25)13-5-3-4-12(21)10-13/h3-10H,2H2,1H3,(H,26,27)(H,22,24,28)/b15-9+. The number of hydrogen-bond acceptors (Lipinski definition) is 5. The minimum Gasteiger partial charge on any atom is -0.493 e. The van der Waals surface area contributed by atoms with E-state index in [9.17, 15) is 24.3 Å². The Bertz CT molecular complexity index is 1060. The molecule has 2 aromatic carbocycles. The van der Waals surface area contributed by atoms with Crippen LogP contribution in [-0.4, -0.2) is 35.5 Å². The van der Waals surface area contributed by atoms with Gasteiger partial charge < -0.3 is 9.84 Å². The van der Waals surface area contributed by atoms with Crippen LogP contribution in [0.15, 0.2) is 48.0 Å². The largest absolute Gasteiger partial charge is 0.493 e. The topological polar surface area (TPSA) is 113 Å². The van der Waals surface area contributed by atoms with Crippen molar-refractivity contribution in [1.29, 1.82) is 0 Å². The first-order valence-electron chi connectivity index (χ1n) is 8.49. The second-order valence-electron chi connectivity index (χ2n) is 5.93. The van der Waals surface area contributed by atoms with Gasteiger partial charge in [-0.25, -0.2) is 14.5 Å². The number of carbonyl (C=O) groups excluding carboxylic acids is 3. The first-order chi connectivity index (χ1) is 13.8. The van der Waals surface area contributed by atoms with Crippen LogP contribution in [0.3, 0.4) is 0 Å². The Hall–Kier alpha value is -3.65. The fraction of sp³-hybridized carbons (Fsp3) is 0.100. The van der Waals surface area contributed by atoms with E-state index in [0.717, 1.165) is 4.90 Å². The Labute approximate surface area is 170 Å². The highest BCUT2D eigenvalue weighted by molar-refractivity contribution is 6.39. The van der Waals surface area contributed by atoms with E-state index in [2.05, 4.69) is 5.32 Å². The van der Waals surface area contributed by atoms with Gasteiger partial charge in [0.1, 0.15) is 16.9 Å². The molecule has 4 amide bonds. The van der Waals surface area contributed by atoms with Gasteiger partial charge in [-0.2, -0.15) is 0 Å². The van der Waals surface area contributed by atoms with Crippen LogP contribution in [0.2, 0.25) is 5.02 Å². The number of anilines is 1. The van der Waals surface area contributed by atoms with Crippen molar-refractivity contribution in [3.8, 4) is 5.75 Å². The van der Waals surface area contributed by atoms with Gasteiger partial charge in [0.15, 0.2) is 0 Å². The zero-order chi connectivity index (χ0) is 21.1. The van der Waals surface area contributed by atoms with E-state index in [1.54, 1.807) is 19.1 Å². The van der Waals surface area contributed by atoms with Crippen molar-refractivity contribution in [3.63, 3.8) is 0 Å². The average molecular weight is 415 g/mol. The lowest BCUT2D eigenvalue weighted by molar-refractivity contribution is -0.122. The minimum absolute atomic E-state index is 0.118. The highest BCUT2D eigenvalue weighted by Crippen LogP contribution is 2.26. The molecule has 2 aromatic rings. The second kappa shape index (κ2) is 8.15. The van der Waals surface area contributed by atoms with E-state index in [0.29, 0.717) is 5.02 Å². The molecule has 8 nitrogen and oxygen atoms in total. The maximum Gasteiger partial charge on any atom is 0.339 e. The third kappa shape index (κ3) is 4.12. The van der Waals surface area contributed by atoms with Gasteiger partial charge in [0.25, 0.3) is 11.8 Å². The molecule has 29 heavy (non-hydrogen) atoms. The molecule has 9 heteroatoms. The summed E-state index contributed by atoms with van der Waals surface area (Å²) in [4.78, 5) is 49.5. The molecular formula is C20H15ClN2O6. The van der Waals surface area contributed by atoms with Crippen LogP contribution in [-0.2, 0) is 9.59 Å². The van der Waals surface area contributed by atoms with Crippen LogP contribution < -0.4 is 15.0 Å². The van der Waals surface area contributed by atoms with Gasteiger partial charge in [-0.15, -0.1) is 0 Å². The van der Waals surface area contributed by atoms with Crippen LogP contribution >= 0.6 is 11.6 Å². The zero-order valence-corrected chi connectivity index (χ0v) is 15.9. The van der Waals surface area contributed by atoms with E-state index in [4.69, 9.17) is 16.3 Å². The van der Waals surface area contributed by atoms with Gasteiger partial charge in [-0.3, -0.25) is 14.9 Å². The predicted octanol–water partition coefficient (Wildman–Crippen LogP) is 3.10. The number of nitrogens with zero attached hydrogens (tertiary/aromatic N) is 1. The zero-order valence-electron chi connectivity index (χ0n) is 15.1. The van der Waals surface area contributed by atoms with Crippen molar-refractivity contribution in [2.75, 3.05) is 11.5 Å². The fourth-order valence-electron chi connectivity index (χ4n) is 2.76. The highest BCUT2D eigenvalue weighted by atomic mass is 35.5. The van der Waals surface area contributed by atoms with Crippen molar-refractivity contribution < 1.29 is 29.0 Å². The minimum atomic E-state index is -1.22. The summed E-state index contributed by atoms with van der Waals surface area (Å²) in [5, 5.41) is 11.8. The molecule has 0 saturated carbocycles. The number of rotatable bonds is 5. The lowest BCUT2D eigenvalue weighted by Gasteiger charge is -2.26. The first-order valence-corrected chi connectivity index (χ1v) is 8.86. The number of hydrogen-bond donors (Lipinski definition) is 2. The summed E-state index contributed by atoms with van der Waals surface area (Å²) >= 11 is 5.92. The van der Waals surface area contributed by atoms with Gasteiger partial charge in [0.2, 0.25) is 0 Å². The lowest BCUT2D eigenvalue weighted by atomic mass is 10.0. The van der Waals surface area contributed by atoms with Crippen molar-refractivity contribution in [2.45, 2.75) is 6.92 Å². The Morgan fingerprint density at radius 3 is 2.62 bits per heavy atom. The van der Waals surface area contributed by atoms with Crippen LogP contribution in [0.1, 0.15) is 22.8 Å². The summed E-state index contributed by atoms with van der Waals surface area (Å²) in [5.74, 6) is -2.79. The third-order valence-corrected chi connectivity index (χ3v) is 4.25. The number of benzene rings is 2. The van der Waals surface area contributed by atoms with E-state index in [1.165, 1.54) is 36.4 Å². The van der Waals surface area contributed by atoms with Gasteiger partial charge in [0, 0.05) is 5.02 Å². The number of aromatic carboxylic acids is 1. The van der Waals surface area contributed by atoms with Crippen LogP contribution in [0.4, 0.5) is 10.5 Å². The smallest absolute Gasteiger partial charge is 0.339 e. The SMILES string of the molecule is CCOc1ccc(/C=C2\C(=O)NC(=O)N(c3cccc(Cl)c3)C2=O)cc1C(=O)O. The Morgan fingerprint density at radius 1 is 1.21 bits per heavy atom. The summed E-state index contributed by atoms with van der Waals surface area (Å²) < 4.78 is 5.27. The molecule has 0 unspecified atom stereocenters. The molecule has 0 atom stereocenters. The monoisotopic (exact) mass is 414 g/mol. The molecule has 0 aromatic heterocycles. The number of imide groups is 2. The highest BCUT2D eigenvalue weighted by Gasteiger charge is 2.36. The molecule has 1 aliphatic heterocycles. The van der Waals surface area contributed by atoms with Crippen molar-refractivity contribution in [2.24, 2.45) is 0 Å². The van der Waals surface area contributed by atoms with E-state index in [-0.39, 0.29) is 34.7 Å². The summed E-state index contributed by atoms with van der Waals surface area (Å²) in [7, 11) is 0. The summed E-state index contributed by atoms with van der Waals surface area (Å²) in [6.07, 6.45) is 1.21. The number of amides is 4. The van der Waals surface area contributed by atoms with E-state index >= 15 is 0 Å². The van der Waals surface area contributed by atoms with E-state index in [1.807, 2.05) is 0 Å². The molecule has 0 aliphatic carbocycles. The fourth-order valence-corrected chi connectivity index (χ4v) is 2.94. The van der Waals surface area contributed by atoms with Crippen molar-refractivity contribution in [3.05, 3.63) is 64.2 Å². The van der Waals surface area contributed by atoms with Gasteiger partial charge in [-0.05, 0) is 48.9 Å². The average Bonchev–Trinajstić information content (AvgIpc) is 2.66. The molecule has 1 saturated heterocycles. The maximum absolute atomic E-state index is 12.8. The first kappa shape index (κ1) is 20.1. The van der Waals surface area contributed by atoms with Crippen LogP contribution in [0, 0.1) is 0 Å². The quantitative estimate of drug-likeness (QED) is 0.574. The molecule has 3 rings (SSSR count). The van der Waals surface area contributed by atoms with Crippen molar-refractivity contribution >= 4 is 47.2 Å². The normalized spacial score (nSPS) is 15.4. The Kier molecular flexibility index (Phi) is 5.65. The third-order valence-electron chi connectivity index (χ3n) is 4.01. The molecule has 2 N–H and O–H groups in total. The Balaban J connectivity index is 2.03. The maximum atomic E-state index is 12.8. The number of carbonyl (C=O) groups is 4. The summed E-state index contributed by atoms with van der Waals surface area (Å²) in [6, 6.07) is 9.35. The molecule has 0 radical (unpaired) electrons. The lowest BCUT2D eigenvalue weighted by Crippen LogP contribution is -2.54. The van der Waals surface area contributed by atoms with Crippen molar-refractivity contribution in [1.82, 2.24) is 5.32 Å². The molecule has 1 heterocycles. The molecule has 1 aliphatic rings. The predicted molar refractivity (Wildman–Crippen MR) is 105 cm³/mol. The molecule has 148 valence electrons.